The highest BCUT2D eigenvalue weighted by Gasteiger charge is 2.22. The minimum Gasteiger partial charge on any atom is -0.493 e. The SMILES string of the molecule is COc1ccc(C2=C\C(=O)N3C=C(N4CCN(C)CC4)C=C\C3=C/C=C/2)cc1OC. The highest BCUT2D eigenvalue weighted by molar-refractivity contribution is 6.00. The molecule has 4 rings (SSSR count). The van der Waals surface area contributed by atoms with Crippen molar-refractivity contribution in [1.82, 2.24) is 14.7 Å². The van der Waals surface area contributed by atoms with Crippen LogP contribution in [0.2, 0.25) is 0 Å². The summed E-state index contributed by atoms with van der Waals surface area (Å²) in [5.41, 5.74) is 3.64. The molecule has 0 saturated carbocycles. The van der Waals surface area contributed by atoms with Gasteiger partial charge < -0.3 is 19.3 Å². The molecular formula is C24H27N3O3. The van der Waals surface area contributed by atoms with Crippen LogP contribution in [-0.2, 0) is 4.79 Å². The zero-order valence-corrected chi connectivity index (χ0v) is 17.7. The topological polar surface area (TPSA) is 45.2 Å². The molecule has 30 heavy (non-hydrogen) atoms. The molecule has 156 valence electrons. The number of carbonyl (C=O) groups excluding carboxylic acids is 1. The van der Waals surface area contributed by atoms with Gasteiger partial charge in [-0.05, 0) is 48.5 Å². The molecule has 3 aliphatic rings. The first-order valence-electron chi connectivity index (χ1n) is 10.1. The van der Waals surface area contributed by atoms with Gasteiger partial charge >= 0.3 is 0 Å². The Morgan fingerprint density at radius 3 is 2.37 bits per heavy atom. The second-order valence-electron chi connectivity index (χ2n) is 7.51. The highest BCUT2D eigenvalue weighted by Crippen LogP contribution is 2.32. The fourth-order valence-electron chi connectivity index (χ4n) is 3.78. The number of likely N-dealkylation sites (N-methyl/N-ethyl adjacent to an activating group) is 1. The van der Waals surface area contributed by atoms with E-state index in [0.29, 0.717) is 11.5 Å². The van der Waals surface area contributed by atoms with E-state index in [9.17, 15) is 4.79 Å². The second kappa shape index (κ2) is 8.63. The summed E-state index contributed by atoms with van der Waals surface area (Å²) < 4.78 is 10.7. The molecule has 0 N–H and O–H groups in total. The van der Waals surface area contributed by atoms with E-state index in [2.05, 4.69) is 22.9 Å². The zero-order chi connectivity index (χ0) is 21.1. The van der Waals surface area contributed by atoms with Crippen LogP contribution in [0.25, 0.3) is 5.57 Å². The summed E-state index contributed by atoms with van der Waals surface area (Å²) in [5.74, 6) is 1.21. The van der Waals surface area contributed by atoms with Crippen molar-refractivity contribution in [3.05, 3.63) is 77.8 Å². The standard InChI is InChI=1S/C24H27N3O3/c1-25-11-13-26(14-12-25)21-9-8-20-6-4-5-18(16-24(28)27(20)17-21)19-7-10-22(29-2)23(15-19)30-3/h4-10,15-17H,11-14H2,1-3H3/b5-4+,18-16+,20-6+. The minimum atomic E-state index is -0.0774. The Labute approximate surface area is 177 Å². The quantitative estimate of drug-likeness (QED) is 0.771. The summed E-state index contributed by atoms with van der Waals surface area (Å²) >= 11 is 0. The van der Waals surface area contributed by atoms with E-state index in [1.807, 2.05) is 48.7 Å². The Balaban J connectivity index is 1.63. The second-order valence-corrected chi connectivity index (χ2v) is 7.51. The van der Waals surface area contributed by atoms with Crippen molar-refractivity contribution in [3.63, 3.8) is 0 Å². The van der Waals surface area contributed by atoms with E-state index in [0.717, 1.165) is 48.7 Å². The van der Waals surface area contributed by atoms with Crippen molar-refractivity contribution in [2.24, 2.45) is 0 Å². The smallest absolute Gasteiger partial charge is 0.255 e. The summed E-state index contributed by atoms with van der Waals surface area (Å²) in [6, 6.07) is 5.66. The Morgan fingerprint density at radius 2 is 1.63 bits per heavy atom. The van der Waals surface area contributed by atoms with Crippen LogP contribution in [-0.4, -0.2) is 68.1 Å². The van der Waals surface area contributed by atoms with Crippen LogP contribution < -0.4 is 9.47 Å². The number of methoxy groups -OCH3 is 2. The molecule has 0 spiro atoms. The van der Waals surface area contributed by atoms with E-state index >= 15 is 0 Å². The number of piperazine rings is 1. The number of allylic oxidation sites excluding steroid dienone is 6. The summed E-state index contributed by atoms with van der Waals surface area (Å²) in [7, 11) is 5.35. The first-order valence-corrected chi connectivity index (χ1v) is 10.1. The number of amides is 1. The van der Waals surface area contributed by atoms with Crippen molar-refractivity contribution in [2.45, 2.75) is 0 Å². The van der Waals surface area contributed by atoms with E-state index < -0.39 is 0 Å². The lowest BCUT2D eigenvalue weighted by Gasteiger charge is -2.36. The lowest BCUT2D eigenvalue weighted by atomic mass is 10.0. The van der Waals surface area contributed by atoms with Crippen LogP contribution in [0, 0.1) is 0 Å². The number of carbonyl (C=O) groups is 1. The molecule has 0 unspecified atom stereocenters. The van der Waals surface area contributed by atoms with Gasteiger partial charge in [-0.25, -0.2) is 0 Å². The number of hydrogen-bond acceptors (Lipinski definition) is 5. The molecule has 0 atom stereocenters. The fraction of sp³-hybridized carbons (Fsp3) is 0.292. The van der Waals surface area contributed by atoms with Gasteiger partial charge in [0.2, 0.25) is 0 Å². The van der Waals surface area contributed by atoms with Crippen molar-refractivity contribution in [2.75, 3.05) is 47.4 Å². The molecule has 1 fully saturated rings. The Morgan fingerprint density at radius 1 is 0.900 bits per heavy atom. The van der Waals surface area contributed by atoms with Gasteiger partial charge in [0.1, 0.15) is 0 Å². The average Bonchev–Trinajstić information content (AvgIpc) is 2.77. The highest BCUT2D eigenvalue weighted by atomic mass is 16.5. The van der Waals surface area contributed by atoms with E-state index in [4.69, 9.17) is 9.47 Å². The maximum atomic E-state index is 13.2. The third-order valence-corrected chi connectivity index (χ3v) is 5.61. The molecule has 1 aromatic rings. The summed E-state index contributed by atoms with van der Waals surface area (Å²) in [6.45, 7) is 3.96. The van der Waals surface area contributed by atoms with Gasteiger partial charge in [-0.3, -0.25) is 9.69 Å². The lowest BCUT2D eigenvalue weighted by molar-refractivity contribution is -0.122. The zero-order valence-electron chi connectivity index (χ0n) is 17.7. The van der Waals surface area contributed by atoms with Crippen molar-refractivity contribution >= 4 is 11.5 Å². The maximum absolute atomic E-state index is 13.2. The van der Waals surface area contributed by atoms with E-state index in [-0.39, 0.29) is 5.91 Å². The molecule has 3 heterocycles. The van der Waals surface area contributed by atoms with Gasteiger partial charge in [-0.15, -0.1) is 0 Å². The van der Waals surface area contributed by atoms with Crippen LogP contribution in [0.4, 0.5) is 0 Å². The predicted octanol–water partition coefficient (Wildman–Crippen LogP) is 3.03. The predicted molar refractivity (Wildman–Crippen MR) is 118 cm³/mol. The molecule has 0 aromatic heterocycles. The van der Waals surface area contributed by atoms with E-state index in [1.54, 1.807) is 25.2 Å². The third-order valence-electron chi connectivity index (χ3n) is 5.61. The van der Waals surface area contributed by atoms with Crippen molar-refractivity contribution in [3.8, 4) is 11.5 Å². The Kier molecular flexibility index (Phi) is 5.77. The van der Waals surface area contributed by atoms with Crippen LogP contribution in [0.15, 0.2) is 72.2 Å². The summed E-state index contributed by atoms with van der Waals surface area (Å²) in [4.78, 5) is 19.5. The minimum absolute atomic E-state index is 0.0774. The molecule has 6 heteroatoms. The maximum Gasteiger partial charge on any atom is 0.255 e. The summed E-state index contributed by atoms with van der Waals surface area (Å²) in [5, 5.41) is 0. The normalized spacial score (nSPS) is 24.0. The average molecular weight is 405 g/mol. The molecule has 0 bridgehead atoms. The Bertz CT molecular complexity index is 979. The van der Waals surface area contributed by atoms with Gasteiger partial charge in [0, 0.05) is 44.2 Å². The first kappa shape index (κ1) is 20.0. The largest absolute Gasteiger partial charge is 0.493 e. The monoisotopic (exact) mass is 405 g/mol. The molecule has 0 radical (unpaired) electrons. The van der Waals surface area contributed by atoms with Gasteiger partial charge in [-0.2, -0.15) is 0 Å². The molecule has 6 nitrogen and oxygen atoms in total. The third kappa shape index (κ3) is 4.04. The number of benzene rings is 1. The van der Waals surface area contributed by atoms with Crippen LogP contribution in [0.5, 0.6) is 11.5 Å². The van der Waals surface area contributed by atoms with Crippen molar-refractivity contribution < 1.29 is 14.3 Å². The van der Waals surface area contributed by atoms with Crippen LogP contribution >= 0.6 is 0 Å². The lowest BCUT2D eigenvalue weighted by Crippen LogP contribution is -2.44. The molecular weight excluding hydrogens is 378 g/mol. The Hall–Kier alpha value is -3.25. The molecule has 1 aromatic carbocycles. The number of hydrogen-bond donors (Lipinski definition) is 0. The number of rotatable bonds is 4. The number of fused-ring (bicyclic) bond motifs is 1. The van der Waals surface area contributed by atoms with Gasteiger partial charge in [0.05, 0.1) is 19.9 Å². The van der Waals surface area contributed by atoms with Gasteiger partial charge in [-0.1, -0.05) is 18.2 Å². The molecule has 0 aliphatic carbocycles. The first-order chi connectivity index (χ1) is 14.6. The van der Waals surface area contributed by atoms with E-state index in [1.165, 1.54) is 0 Å². The van der Waals surface area contributed by atoms with Gasteiger partial charge in [0.25, 0.3) is 5.91 Å². The van der Waals surface area contributed by atoms with Crippen molar-refractivity contribution in [1.29, 1.82) is 0 Å². The summed E-state index contributed by atoms with van der Waals surface area (Å²) in [6.07, 6.45) is 13.6. The molecule has 1 amide bonds. The van der Waals surface area contributed by atoms with Gasteiger partial charge in [0.15, 0.2) is 11.5 Å². The molecule has 3 aliphatic heterocycles. The number of nitrogens with zero attached hydrogens (tertiary/aromatic N) is 3. The van der Waals surface area contributed by atoms with Crippen LogP contribution in [0.3, 0.4) is 0 Å². The molecule has 1 saturated heterocycles. The van der Waals surface area contributed by atoms with Crippen LogP contribution in [0.1, 0.15) is 5.56 Å². The number of ether oxygens (including phenoxy) is 2. The fourth-order valence-corrected chi connectivity index (χ4v) is 3.78.